The number of para-hydroxylation sites is 2. The van der Waals surface area contributed by atoms with Crippen LogP contribution in [0.25, 0.3) is 0 Å². The van der Waals surface area contributed by atoms with E-state index in [0.717, 1.165) is 5.56 Å². The number of nitrogens with two attached hydrogens (primary N) is 1. The first kappa shape index (κ1) is 15.5. The number of ether oxygens (including phenoxy) is 1. The first-order chi connectivity index (χ1) is 10.5. The van der Waals surface area contributed by atoms with Gasteiger partial charge in [0.25, 0.3) is 5.91 Å². The maximum absolute atomic E-state index is 13.4. The summed E-state index contributed by atoms with van der Waals surface area (Å²) < 4.78 is 18.3. The van der Waals surface area contributed by atoms with Gasteiger partial charge in [-0.05, 0) is 30.7 Å². The number of nitrogen functional groups attached to an aromatic ring is 1. The molecule has 5 nitrogen and oxygen atoms in total. The van der Waals surface area contributed by atoms with Crippen LogP contribution in [0.1, 0.15) is 15.9 Å². The topological polar surface area (TPSA) is 81.4 Å². The van der Waals surface area contributed by atoms with E-state index >= 15 is 0 Å². The van der Waals surface area contributed by atoms with E-state index in [1.165, 1.54) is 24.3 Å². The Balaban J connectivity index is 1.95. The van der Waals surface area contributed by atoms with E-state index in [0.29, 0.717) is 5.69 Å². The summed E-state index contributed by atoms with van der Waals surface area (Å²) in [6, 6.07) is 10.7. The molecule has 114 valence electrons. The van der Waals surface area contributed by atoms with Crippen LogP contribution in [0.15, 0.2) is 42.5 Å². The molecule has 0 fully saturated rings. The number of anilines is 2. The minimum Gasteiger partial charge on any atom is -0.452 e. The molecule has 0 atom stereocenters. The fourth-order valence-corrected chi connectivity index (χ4v) is 1.82. The molecule has 2 aromatic carbocycles. The third-order valence-corrected chi connectivity index (χ3v) is 3.03. The van der Waals surface area contributed by atoms with Crippen LogP contribution in [0, 0.1) is 12.7 Å². The quantitative estimate of drug-likeness (QED) is 0.671. The number of hydrogen-bond donors (Lipinski definition) is 2. The van der Waals surface area contributed by atoms with Crippen molar-refractivity contribution >= 4 is 23.3 Å². The lowest BCUT2D eigenvalue weighted by molar-refractivity contribution is -0.119. The molecule has 0 spiro atoms. The molecule has 0 aliphatic heterocycles. The van der Waals surface area contributed by atoms with Crippen LogP contribution in [0.2, 0.25) is 0 Å². The Hall–Kier alpha value is -2.89. The van der Waals surface area contributed by atoms with E-state index in [1.807, 2.05) is 0 Å². The van der Waals surface area contributed by atoms with Crippen LogP contribution >= 0.6 is 0 Å². The highest BCUT2D eigenvalue weighted by Gasteiger charge is 2.14. The summed E-state index contributed by atoms with van der Waals surface area (Å²) in [5.41, 5.74) is 7.05. The second-order valence-corrected chi connectivity index (χ2v) is 4.64. The Morgan fingerprint density at radius 2 is 1.91 bits per heavy atom. The van der Waals surface area contributed by atoms with Gasteiger partial charge in [0.05, 0.1) is 11.3 Å². The number of halogens is 1. The molecule has 0 aliphatic rings. The molecule has 0 bridgehead atoms. The molecular weight excluding hydrogens is 287 g/mol. The van der Waals surface area contributed by atoms with Gasteiger partial charge >= 0.3 is 5.97 Å². The first-order valence-corrected chi connectivity index (χ1v) is 6.55. The number of rotatable bonds is 4. The highest BCUT2D eigenvalue weighted by Crippen LogP contribution is 2.17. The molecule has 0 aromatic heterocycles. The van der Waals surface area contributed by atoms with Crippen LogP contribution in [-0.2, 0) is 9.53 Å². The van der Waals surface area contributed by atoms with Crippen molar-refractivity contribution in [1.29, 1.82) is 0 Å². The van der Waals surface area contributed by atoms with Crippen molar-refractivity contribution in [3.8, 4) is 0 Å². The maximum atomic E-state index is 13.4. The predicted octanol–water partition coefficient (Wildman–Crippen LogP) is 2.51. The number of hydrogen-bond acceptors (Lipinski definition) is 4. The molecule has 0 saturated heterocycles. The van der Waals surface area contributed by atoms with Crippen molar-refractivity contribution in [2.24, 2.45) is 0 Å². The van der Waals surface area contributed by atoms with E-state index < -0.39 is 24.3 Å². The van der Waals surface area contributed by atoms with Gasteiger partial charge in [-0.3, -0.25) is 4.79 Å². The van der Waals surface area contributed by atoms with Crippen LogP contribution in [0.5, 0.6) is 0 Å². The third-order valence-electron chi connectivity index (χ3n) is 3.03. The number of amides is 1. The molecule has 2 aromatic rings. The second-order valence-electron chi connectivity index (χ2n) is 4.64. The van der Waals surface area contributed by atoms with Gasteiger partial charge in [0, 0.05) is 5.69 Å². The number of benzene rings is 2. The first-order valence-electron chi connectivity index (χ1n) is 6.55. The second kappa shape index (κ2) is 6.71. The summed E-state index contributed by atoms with van der Waals surface area (Å²) in [6.45, 7) is 1.23. The highest BCUT2D eigenvalue weighted by molar-refractivity contribution is 5.98. The zero-order valence-electron chi connectivity index (χ0n) is 11.9. The summed E-state index contributed by atoms with van der Waals surface area (Å²) in [5.74, 6) is -1.90. The van der Waals surface area contributed by atoms with Gasteiger partial charge in [0.15, 0.2) is 6.61 Å². The largest absolute Gasteiger partial charge is 0.452 e. The van der Waals surface area contributed by atoms with Gasteiger partial charge < -0.3 is 15.8 Å². The van der Waals surface area contributed by atoms with E-state index in [2.05, 4.69) is 5.32 Å². The van der Waals surface area contributed by atoms with E-state index in [-0.39, 0.29) is 11.3 Å². The number of carbonyl (C=O) groups is 2. The van der Waals surface area contributed by atoms with E-state index in [4.69, 9.17) is 10.5 Å². The van der Waals surface area contributed by atoms with Crippen molar-refractivity contribution in [3.05, 3.63) is 59.4 Å². The van der Waals surface area contributed by atoms with Crippen LogP contribution in [-0.4, -0.2) is 18.5 Å². The van der Waals surface area contributed by atoms with Crippen molar-refractivity contribution < 1.29 is 18.7 Å². The lowest BCUT2D eigenvalue weighted by Crippen LogP contribution is -2.22. The number of esters is 1. The van der Waals surface area contributed by atoms with Crippen molar-refractivity contribution in [3.63, 3.8) is 0 Å². The van der Waals surface area contributed by atoms with Crippen molar-refractivity contribution in [1.82, 2.24) is 0 Å². The molecule has 1 amide bonds. The third kappa shape index (κ3) is 3.60. The Kier molecular flexibility index (Phi) is 4.73. The lowest BCUT2D eigenvalue weighted by Gasteiger charge is -2.09. The van der Waals surface area contributed by atoms with Crippen molar-refractivity contribution in [2.75, 3.05) is 17.7 Å². The summed E-state index contributed by atoms with van der Waals surface area (Å²) in [7, 11) is 0. The molecule has 0 radical (unpaired) electrons. The van der Waals surface area contributed by atoms with Gasteiger partial charge in [-0.2, -0.15) is 0 Å². The minimum atomic E-state index is -0.704. The summed E-state index contributed by atoms with van der Waals surface area (Å²) >= 11 is 0. The highest BCUT2D eigenvalue weighted by atomic mass is 19.1. The van der Waals surface area contributed by atoms with Crippen molar-refractivity contribution in [2.45, 2.75) is 6.92 Å². The van der Waals surface area contributed by atoms with Gasteiger partial charge in [-0.15, -0.1) is 0 Å². The minimum absolute atomic E-state index is 0.0265. The molecule has 2 rings (SSSR count). The zero-order chi connectivity index (χ0) is 16.1. The monoisotopic (exact) mass is 302 g/mol. The van der Waals surface area contributed by atoms with Crippen LogP contribution in [0.4, 0.5) is 15.8 Å². The molecule has 22 heavy (non-hydrogen) atoms. The Bertz CT molecular complexity index is 716. The fraction of sp³-hybridized carbons (Fsp3) is 0.125. The number of carbonyl (C=O) groups excluding carboxylic acids is 2. The zero-order valence-corrected chi connectivity index (χ0v) is 11.9. The summed E-state index contributed by atoms with van der Waals surface area (Å²) in [5, 5.41) is 2.32. The Morgan fingerprint density at radius 1 is 1.18 bits per heavy atom. The molecular formula is C16H15FN2O3. The Morgan fingerprint density at radius 3 is 2.64 bits per heavy atom. The van der Waals surface area contributed by atoms with Gasteiger partial charge in [-0.1, -0.05) is 24.3 Å². The van der Waals surface area contributed by atoms with Gasteiger partial charge in [0.2, 0.25) is 0 Å². The molecule has 3 N–H and O–H groups in total. The molecule has 6 heteroatoms. The molecule has 0 heterocycles. The molecule has 0 saturated carbocycles. The SMILES string of the molecule is Cc1cccc(C(=O)OCC(=O)Nc2ccccc2F)c1N. The Labute approximate surface area is 126 Å². The van der Waals surface area contributed by atoms with Crippen LogP contribution < -0.4 is 11.1 Å². The van der Waals surface area contributed by atoms with Crippen LogP contribution in [0.3, 0.4) is 0 Å². The normalized spacial score (nSPS) is 10.1. The average Bonchev–Trinajstić information content (AvgIpc) is 2.50. The van der Waals surface area contributed by atoms with E-state index in [1.54, 1.807) is 25.1 Å². The van der Waals surface area contributed by atoms with Gasteiger partial charge in [0.1, 0.15) is 5.82 Å². The lowest BCUT2D eigenvalue weighted by atomic mass is 10.1. The molecule has 0 unspecified atom stereocenters. The predicted molar refractivity (Wildman–Crippen MR) is 80.9 cm³/mol. The summed E-state index contributed by atoms with van der Waals surface area (Å²) in [6.07, 6.45) is 0. The maximum Gasteiger partial charge on any atom is 0.340 e. The average molecular weight is 302 g/mol. The number of aryl methyl sites for hydroxylation is 1. The standard InChI is InChI=1S/C16H15FN2O3/c1-10-5-4-6-11(15(10)18)16(21)22-9-14(20)19-13-8-3-2-7-12(13)17/h2-8H,9,18H2,1H3,(H,19,20). The summed E-state index contributed by atoms with van der Waals surface area (Å²) in [4.78, 5) is 23.6. The smallest absolute Gasteiger partial charge is 0.340 e. The molecule has 0 aliphatic carbocycles. The fourth-order valence-electron chi connectivity index (χ4n) is 1.82. The number of nitrogens with one attached hydrogen (secondary N) is 1. The van der Waals surface area contributed by atoms with Gasteiger partial charge in [-0.25, -0.2) is 9.18 Å². The van der Waals surface area contributed by atoms with E-state index in [9.17, 15) is 14.0 Å².